The lowest BCUT2D eigenvalue weighted by atomic mass is 10.1. The van der Waals surface area contributed by atoms with Gasteiger partial charge in [-0.1, -0.05) is 6.07 Å². The smallest absolute Gasteiger partial charge is 0.193 e. The molecule has 2 atom stereocenters. The van der Waals surface area contributed by atoms with Crippen LogP contribution in [0.15, 0.2) is 41.7 Å². The van der Waals surface area contributed by atoms with E-state index < -0.39 is 0 Å². The molecular formula is C19H26FN5O2. The molecule has 7 nitrogen and oxygen atoms in total. The Labute approximate surface area is 158 Å². The van der Waals surface area contributed by atoms with E-state index in [-0.39, 0.29) is 18.0 Å². The van der Waals surface area contributed by atoms with Crippen LogP contribution in [0.4, 0.5) is 4.39 Å². The fourth-order valence-electron chi connectivity index (χ4n) is 3.03. The molecule has 1 aliphatic rings. The van der Waals surface area contributed by atoms with Crippen molar-refractivity contribution >= 4 is 5.96 Å². The van der Waals surface area contributed by atoms with Crippen molar-refractivity contribution in [3.63, 3.8) is 0 Å². The summed E-state index contributed by atoms with van der Waals surface area (Å²) in [5.41, 5.74) is 1.06. The van der Waals surface area contributed by atoms with E-state index in [1.165, 1.54) is 12.1 Å². The number of nitrogens with zero attached hydrogens (tertiary/aromatic N) is 4. The third-order valence-electron chi connectivity index (χ3n) is 4.36. The standard InChI is InChI=1S/C19H26FN5O2/c1-14(27-17-6-4-5-16(20)9-17)10-22-19(21-2)25-7-8-26-18(13-25)15-11-23-24(3)12-15/h4-6,9,11-12,14,18H,7-8,10,13H2,1-3H3,(H,21,22). The van der Waals surface area contributed by atoms with Gasteiger partial charge in [-0.15, -0.1) is 0 Å². The number of morpholine rings is 1. The zero-order valence-electron chi connectivity index (χ0n) is 15.9. The maximum absolute atomic E-state index is 13.3. The maximum atomic E-state index is 13.3. The summed E-state index contributed by atoms with van der Waals surface area (Å²) in [5.74, 6) is 1.00. The highest BCUT2D eigenvalue weighted by Crippen LogP contribution is 2.21. The van der Waals surface area contributed by atoms with Crippen molar-refractivity contribution in [2.75, 3.05) is 33.3 Å². The van der Waals surface area contributed by atoms with E-state index in [0.29, 0.717) is 25.4 Å². The second-order valence-electron chi connectivity index (χ2n) is 6.57. The lowest BCUT2D eigenvalue weighted by Crippen LogP contribution is -2.49. The monoisotopic (exact) mass is 375 g/mol. The van der Waals surface area contributed by atoms with E-state index in [4.69, 9.17) is 9.47 Å². The van der Waals surface area contributed by atoms with Gasteiger partial charge < -0.3 is 19.7 Å². The maximum Gasteiger partial charge on any atom is 0.193 e. The molecule has 1 N–H and O–H groups in total. The number of guanidine groups is 1. The van der Waals surface area contributed by atoms with Crippen LogP contribution in [0, 0.1) is 5.82 Å². The summed E-state index contributed by atoms with van der Waals surface area (Å²) in [6.45, 7) is 4.57. The molecule has 27 heavy (non-hydrogen) atoms. The van der Waals surface area contributed by atoms with Crippen molar-refractivity contribution < 1.29 is 13.9 Å². The first kappa shape index (κ1) is 19.2. The molecule has 1 aromatic carbocycles. The average Bonchev–Trinajstić information content (AvgIpc) is 3.09. The molecule has 1 fully saturated rings. The molecule has 2 unspecified atom stereocenters. The van der Waals surface area contributed by atoms with Crippen molar-refractivity contribution in [2.45, 2.75) is 19.1 Å². The molecule has 0 aliphatic carbocycles. The molecule has 0 radical (unpaired) electrons. The fourth-order valence-corrected chi connectivity index (χ4v) is 3.03. The van der Waals surface area contributed by atoms with Gasteiger partial charge in [0.25, 0.3) is 0 Å². The Morgan fingerprint density at radius 1 is 1.52 bits per heavy atom. The van der Waals surface area contributed by atoms with Crippen LogP contribution in [0.1, 0.15) is 18.6 Å². The van der Waals surface area contributed by atoms with E-state index in [9.17, 15) is 4.39 Å². The lowest BCUT2D eigenvalue weighted by Gasteiger charge is -2.35. The van der Waals surface area contributed by atoms with Gasteiger partial charge in [0, 0.05) is 38.5 Å². The molecule has 2 aromatic rings. The quantitative estimate of drug-likeness (QED) is 0.640. The second-order valence-corrected chi connectivity index (χ2v) is 6.57. The zero-order chi connectivity index (χ0) is 19.2. The van der Waals surface area contributed by atoms with Crippen LogP contribution in [0.25, 0.3) is 0 Å². The highest BCUT2D eigenvalue weighted by molar-refractivity contribution is 5.80. The van der Waals surface area contributed by atoms with E-state index >= 15 is 0 Å². The molecule has 146 valence electrons. The van der Waals surface area contributed by atoms with Gasteiger partial charge in [0.2, 0.25) is 0 Å². The number of aliphatic imine (C=N–C) groups is 1. The van der Waals surface area contributed by atoms with E-state index in [1.807, 2.05) is 26.4 Å². The molecule has 1 aromatic heterocycles. The summed E-state index contributed by atoms with van der Waals surface area (Å²) < 4.78 is 26.7. The Morgan fingerprint density at radius 3 is 3.07 bits per heavy atom. The number of aryl methyl sites for hydroxylation is 1. The van der Waals surface area contributed by atoms with Crippen LogP contribution in [0.5, 0.6) is 5.75 Å². The number of rotatable bonds is 5. The molecular weight excluding hydrogens is 349 g/mol. The average molecular weight is 375 g/mol. The molecule has 1 saturated heterocycles. The van der Waals surface area contributed by atoms with E-state index in [2.05, 4.69) is 20.3 Å². The second kappa shape index (κ2) is 8.85. The third-order valence-corrected chi connectivity index (χ3v) is 4.36. The molecule has 0 saturated carbocycles. The van der Waals surface area contributed by atoms with Gasteiger partial charge >= 0.3 is 0 Å². The van der Waals surface area contributed by atoms with Gasteiger partial charge in [-0.3, -0.25) is 9.67 Å². The van der Waals surface area contributed by atoms with Gasteiger partial charge in [0.05, 0.1) is 25.9 Å². The third kappa shape index (κ3) is 5.19. The van der Waals surface area contributed by atoms with Crippen molar-refractivity contribution in [1.82, 2.24) is 20.0 Å². The van der Waals surface area contributed by atoms with Crippen LogP contribution >= 0.6 is 0 Å². The van der Waals surface area contributed by atoms with Crippen molar-refractivity contribution in [1.29, 1.82) is 0 Å². The molecule has 0 spiro atoms. The number of hydrogen-bond donors (Lipinski definition) is 1. The largest absolute Gasteiger partial charge is 0.489 e. The summed E-state index contributed by atoms with van der Waals surface area (Å²) >= 11 is 0. The fraction of sp³-hybridized carbons (Fsp3) is 0.474. The van der Waals surface area contributed by atoms with E-state index in [1.54, 1.807) is 23.9 Å². The Hall–Kier alpha value is -2.61. The molecule has 8 heteroatoms. The topological polar surface area (TPSA) is 63.9 Å². The van der Waals surface area contributed by atoms with Crippen LogP contribution in [-0.4, -0.2) is 60.0 Å². The minimum atomic E-state index is -0.307. The molecule has 0 amide bonds. The van der Waals surface area contributed by atoms with Crippen LogP contribution < -0.4 is 10.1 Å². The summed E-state index contributed by atoms with van der Waals surface area (Å²) in [6.07, 6.45) is 3.63. The van der Waals surface area contributed by atoms with Crippen LogP contribution in [0.2, 0.25) is 0 Å². The van der Waals surface area contributed by atoms with Gasteiger partial charge in [-0.25, -0.2) is 4.39 Å². The van der Waals surface area contributed by atoms with Gasteiger partial charge in [0.15, 0.2) is 5.96 Å². The summed E-state index contributed by atoms with van der Waals surface area (Å²) in [4.78, 5) is 6.54. The Bertz CT molecular complexity index is 779. The predicted octanol–water partition coefficient (Wildman–Crippen LogP) is 1.98. The van der Waals surface area contributed by atoms with Crippen molar-refractivity contribution in [3.8, 4) is 5.75 Å². The Balaban J connectivity index is 1.53. The van der Waals surface area contributed by atoms with Crippen LogP contribution in [-0.2, 0) is 11.8 Å². The summed E-state index contributed by atoms with van der Waals surface area (Å²) in [6, 6.07) is 6.16. The number of halogens is 1. The van der Waals surface area contributed by atoms with Crippen molar-refractivity contribution in [3.05, 3.63) is 48.0 Å². The molecule has 2 heterocycles. The van der Waals surface area contributed by atoms with Gasteiger partial charge in [-0.2, -0.15) is 5.10 Å². The first-order chi connectivity index (χ1) is 13.0. The minimum absolute atomic E-state index is 0.0352. The number of benzene rings is 1. The molecule has 1 aliphatic heterocycles. The van der Waals surface area contributed by atoms with Gasteiger partial charge in [-0.05, 0) is 19.1 Å². The van der Waals surface area contributed by atoms with E-state index in [0.717, 1.165) is 18.1 Å². The van der Waals surface area contributed by atoms with Gasteiger partial charge in [0.1, 0.15) is 23.8 Å². The first-order valence-corrected chi connectivity index (χ1v) is 9.03. The summed E-state index contributed by atoms with van der Waals surface area (Å²) in [7, 11) is 3.65. The summed E-state index contributed by atoms with van der Waals surface area (Å²) in [5, 5.41) is 7.55. The van der Waals surface area contributed by atoms with Crippen LogP contribution in [0.3, 0.4) is 0 Å². The number of aromatic nitrogens is 2. The Kier molecular flexibility index (Phi) is 6.28. The zero-order valence-corrected chi connectivity index (χ0v) is 15.9. The highest BCUT2D eigenvalue weighted by Gasteiger charge is 2.25. The Morgan fingerprint density at radius 2 is 2.37 bits per heavy atom. The van der Waals surface area contributed by atoms with Crippen molar-refractivity contribution in [2.24, 2.45) is 12.0 Å². The SMILES string of the molecule is CN=C(NCC(C)Oc1cccc(F)c1)N1CCOC(c2cnn(C)c2)C1. The normalized spacial score (nSPS) is 19.0. The number of hydrogen-bond acceptors (Lipinski definition) is 4. The molecule has 3 rings (SSSR count). The first-order valence-electron chi connectivity index (χ1n) is 9.03. The lowest BCUT2D eigenvalue weighted by molar-refractivity contribution is -0.00814. The highest BCUT2D eigenvalue weighted by atomic mass is 19.1. The predicted molar refractivity (Wildman–Crippen MR) is 101 cm³/mol. The molecule has 0 bridgehead atoms. The minimum Gasteiger partial charge on any atom is -0.489 e. The number of ether oxygens (including phenoxy) is 2. The number of nitrogens with one attached hydrogen (secondary N) is 1.